The third kappa shape index (κ3) is 4.40. The lowest BCUT2D eigenvalue weighted by Gasteiger charge is -2.38. The molecule has 154 valence electrons. The Morgan fingerprint density at radius 3 is 2.48 bits per heavy atom. The molecular weight excluding hydrogens is 381 g/mol. The first-order valence-corrected chi connectivity index (χ1v) is 9.65. The minimum atomic E-state index is -4.30. The Balaban J connectivity index is 1.39. The minimum Gasteiger partial charge on any atom is -0.497 e. The van der Waals surface area contributed by atoms with Gasteiger partial charge in [0.15, 0.2) is 5.60 Å². The van der Waals surface area contributed by atoms with E-state index in [0.717, 1.165) is 60.5 Å². The summed E-state index contributed by atoms with van der Waals surface area (Å²) in [5.74, 6) is 0.795. The smallest absolute Gasteiger partial charge is 0.416 e. The van der Waals surface area contributed by atoms with E-state index in [2.05, 4.69) is 10.1 Å². The van der Waals surface area contributed by atoms with Crippen LogP contribution in [0.15, 0.2) is 53.7 Å². The normalized spacial score (nSPS) is 22.4. The summed E-state index contributed by atoms with van der Waals surface area (Å²) in [5, 5.41) is 4.34. The predicted molar refractivity (Wildman–Crippen MR) is 104 cm³/mol. The molecule has 0 amide bonds. The highest BCUT2D eigenvalue weighted by atomic mass is 19.4. The highest BCUT2D eigenvalue weighted by molar-refractivity contribution is 6.01. The van der Waals surface area contributed by atoms with Crippen LogP contribution in [0.1, 0.15) is 36.0 Å². The number of hydrogen-bond acceptors (Lipinski definition) is 4. The van der Waals surface area contributed by atoms with E-state index in [1.54, 1.807) is 19.2 Å². The van der Waals surface area contributed by atoms with Crippen LogP contribution in [0.5, 0.6) is 5.75 Å². The predicted octanol–water partition coefficient (Wildman–Crippen LogP) is 4.87. The van der Waals surface area contributed by atoms with Crippen LogP contribution in [0, 0.1) is 0 Å². The standard InChI is InChI=1S/C22H23F3N2O2/c1-28-19-9-5-17(6-10-19)20-13-21(29-26-20)11-2-12-27(15-21)14-16-3-7-18(8-4-16)22(23,24)25/h3-10H,2,11-15H2,1H3. The summed E-state index contributed by atoms with van der Waals surface area (Å²) in [4.78, 5) is 8.14. The van der Waals surface area contributed by atoms with Crippen LogP contribution in [0.2, 0.25) is 0 Å². The van der Waals surface area contributed by atoms with Gasteiger partial charge in [0.1, 0.15) is 5.75 Å². The molecular formula is C22H23F3N2O2. The summed E-state index contributed by atoms with van der Waals surface area (Å²) in [5.41, 5.74) is 1.82. The lowest BCUT2D eigenvalue weighted by atomic mass is 9.86. The molecule has 2 aromatic carbocycles. The Morgan fingerprint density at radius 2 is 1.83 bits per heavy atom. The quantitative estimate of drug-likeness (QED) is 0.729. The van der Waals surface area contributed by atoms with Crippen molar-refractivity contribution in [2.45, 2.75) is 37.6 Å². The number of rotatable bonds is 4. The van der Waals surface area contributed by atoms with Gasteiger partial charge in [0, 0.05) is 19.5 Å². The van der Waals surface area contributed by atoms with E-state index in [9.17, 15) is 13.2 Å². The van der Waals surface area contributed by atoms with Crippen molar-refractivity contribution in [1.82, 2.24) is 4.90 Å². The molecule has 1 saturated heterocycles. The maximum absolute atomic E-state index is 12.8. The molecule has 1 unspecified atom stereocenters. The average Bonchev–Trinajstić information content (AvgIpc) is 3.11. The summed E-state index contributed by atoms with van der Waals surface area (Å²) in [7, 11) is 1.63. The Kier molecular flexibility index (Phi) is 5.25. The van der Waals surface area contributed by atoms with E-state index >= 15 is 0 Å². The molecule has 7 heteroatoms. The maximum Gasteiger partial charge on any atom is 0.416 e. The Labute approximate surface area is 167 Å². The fraction of sp³-hybridized carbons (Fsp3) is 0.409. The van der Waals surface area contributed by atoms with Gasteiger partial charge in [-0.2, -0.15) is 13.2 Å². The van der Waals surface area contributed by atoms with Crippen LogP contribution in [0.4, 0.5) is 13.2 Å². The van der Waals surface area contributed by atoms with Crippen molar-refractivity contribution in [2.24, 2.45) is 5.16 Å². The zero-order valence-electron chi connectivity index (χ0n) is 16.2. The monoisotopic (exact) mass is 404 g/mol. The highest BCUT2D eigenvalue weighted by Crippen LogP contribution is 2.36. The first-order valence-electron chi connectivity index (χ1n) is 9.65. The number of alkyl halides is 3. The highest BCUT2D eigenvalue weighted by Gasteiger charge is 2.43. The van der Waals surface area contributed by atoms with Crippen molar-refractivity contribution in [1.29, 1.82) is 0 Å². The van der Waals surface area contributed by atoms with Gasteiger partial charge in [-0.05, 0) is 66.9 Å². The minimum absolute atomic E-state index is 0.362. The molecule has 2 aliphatic heterocycles. The first-order chi connectivity index (χ1) is 13.9. The van der Waals surface area contributed by atoms with E-state index < -0.39 is 11.7 Å². The molecule has 2 aromatic rings. The second-order valence-electron chi connectivity index (χ2n) is 7.73. The van der Waals surface area contributed by atoms with Gasteiger partial charge in [0.2, 0.25) is 0 Å². The zero-order valence-corrected chi connectivity index (χ0v) is 16.2. The molecule has 29 heavy (non-hydrogen) atoms. The average molecular weight is 404 g/mol. The second-order valence-corrected chi connectivity index (χ2v) is 7.73. The molecule has 2 aliphatic rings. The van der Waals surface area contributed by atoms with E-state index in [0.29, 0.717) is 13.1 Å². The number of halogens is 3. The maximum atomic E-state index is 12.8. The van der Waals surface area contributed by atoms with E-state index in [4.69, 9.17) is 9.57 Å². The Bertz CT molecular complexity index is 878. The number of methoxy groups -OCH3 is 1. The zero-order chi connectivity index (χ0) is 20.5. The summed E-state index contributed by atoms with van der Waals surface area (Å²) in [6, 6.07) is 13.2. The Hall–Kier alpha value is -2.54. The molecule has 1 spiro atoms. The molecule has 0 aromatic heterocycles. The number of ether oxygens (including phenoxy) is 1. The van der Waals surface area contributed by atoms with Crippen molar-refractivity contribution >= 4 is 5.71 Å². The lowest BCUT2D eigenvalue weighted by Crippen LogP contribution is -2.47. The van der Waals surface area contributed by atoms with Gasteiger partial charge in [-0.1, -0.05) is 17.3 Å². The fourth-order valence-electron chi connectivity index (χ4n) is 4.06. The third-order valence-corrected chi connectivity index (χ3v) is 5.57. The largest absolute Gasteiger partial charge is 0.497 e. The van der Waals surface area contributed by atoms with Crippen LogP contribution in [-0.2, 0) is 17.6 Å². The lowest BCUT2D eigenvalue weighted by molar-refractivity contribution is -0.137. The number of benzene rings is 2. The summed E-state index contributed by atoms with van der Waals surface area (Å²) >= 11 is 0. The number of nitrogens with zero attached hydrogens (tertiary/aromatic N) is 2. The van der Waals surface area contributed by atoms with Gasteiger partial charge in [0.25, 0.3) is 0 Å². The molecule has 0 radical (unpaired) electrons. The summed E-state index contributed by atoms with van der Waals surface area (Å²) in [6.07, 6.45) is -1.70. The SMILES string of the molecule is COc1ccc(C2=NOC3(CCCN(Cc4ccc(C(F)(F)F)cc4)C3)C2)cc1. The van der Waals surface area contributed by atoms with Crippen molar-refractivity contribution in [3.05, 3.63) is 65.2 Å². The van der Waals surface area contributed by atoms with E-state index in [1.807, 2.05) is 24.3 Å². The van der Waals surface area contributed by atoms with Crippen molar-refractivity contribution < 1.29 is 22.7 Å². The number of oxime groups is 1. The topological polar surface area (TPSA) is 34.1 Å². The first kappa shape index (κ1) is 19.8. The van der Waals surface area contributed by atoms with Crippen molar-refractivity contribution in [3.63, 3.8) is 0 Å². The van der Waals surface area contributed by atoms with E-state index in [-0.39, 0.29) is 5.60 Å². The molecule has 4 rings (SSSR count). The van der Waals surface area contributed by atoms with E-state index in [1.165, 1.54) is 0 Å². The molecule has 0 bridgehead atoms. The second kappa shape index (κ2) is 7.71. The number of piperidine rings is 1. The molecule has 1 fully saturated rings. The van der Waals surface area contributed by atoms with Gasteiger partial charge in [-0.15, -0.1) is 0 Å². The van der Waals surface area contributed by atoms with Crippen molar-refractivity contribution in [3.8, 4) is 5.75 Å². The summed E-state index contributed by atoms with van der Waals surface area (Å²) < 4.78 is 43.5. The van der Waals surface area contributed by atoms with Gasteiger partial charge in [-0.3, -0.25) is 4.90 Å². The van der Waals surface area contributed by atoms with Crippen LogP contribution in [0.3, 0.4) is 0 Å². The molecule has 0 aliphatic carbocycles. The molecule has 2 heterocycles. The van der Waals surface area contributed by atoms with Crippen molar-refractivity contribution in [2.75, 3.05) is 20.2 Å². The van der Waals surface area contributed by atoms with Gasteiger partial charge >= 0.3 is 6.18 Å². The van der Waals surface area contributed by atoms with Crippen LogP contribution < -0.4 is 4.74 Å². The Morgan fingerprint density at radius 1 is 1.10 bits per heavy atom. The number of likely N-dealkylation sites (tertiary alicyclic amines) is 1. The molecule has 0 N–H and O–H groups in total. The third-order valence-electron chi connectivity index (χ3n) is 5.57. The molecule has 0 saturated carbocycles. The van der Waals surface area contributed by atoms with Gasteiger partial charge in [0.05, 0.1) is 18.4 Å². The van der Waals surface area contributed by atoms with Gasteiger partial charge < -0.3 is 9.57 Å². The molecule has 4 nitrogen and oxygen atoms in total. The van der Waals surface area contributed by atoms with Crippen LogP contribution in [0.25, 0.3) is 0 Å². The van der Waals surface area contributed by atoms with Crippen LogP contribution in [-0.4, -0.2) is 36.4 Å². The van der Waals surface area contributed by atoms with Gasteiger partial charge in [-0.25, -0.2) is 0 Å². The summed E-state index contributed by atoms with van der Waals surface area (Å²) in [6.45, 7) is 2.20. The number of hydrogen-bond donors (Lipinski definition) is 0. The van der Waals surface area contributed by atoms with Crippen LogP contribution >= 0.6 is 0 Å². The fourth-order valence-corrected chi connectivity index (χ4v) is 4.06. The molecule has 1 atom stereocenters.